The Bertz CT molecular complexity index is 400. The summed E-state index contributed by atoms with van der Waals surface area (Å²) in [5.41, 5.74) is 5.89. The van der Waals surface area contributed by atoms with E-state index in [2.05, 4.69) is 21.8 Å². The number of ether oxygens (including phenoxy) is 2. The van der Waals surface area contributed by atoms with Crippen LogP contribution in [-0.2, 0) is 4.74 Å². The molecule has 0 bridgehead atoms. The molecule has 1 aromatic heterocycles. The van der Waals surface area contributed by atoms with Gasteiger partial charge in [-0.2, -0.15) is 4.98 Å². The van der Waals surface area contributed by atoms with E-state index in [1.54, 1.807) is 12.3 Å². The van der Waals surface area contributed by atoms with Crippen LogP contribution >= 0.6 is 0 Å². The molecule has 19 heavy (non-hydrogen) atoms. The minimum absolute atomic E-state index is 0.00215. The molecule has 2 unspecified atom stereocenters. The Hall–Kier alpha value is -1.40. The number of nitrogens with zero attached hydrogens (tertiary/aromatic N) is 3. The first kappa shape index (κ1) is 14.0. The van der Waals surface area contributed by atoms with E-state index >= 15 is 0 Å². The summed E-state index contributed by atoms with van der Waals surface area (Å²) < 4.78 is 11.2. The second-order valence-corrected chi connectivity index (χ2v) is 4.76. The fourth-order valence-electron chi connectivity index (χ4n) is 1.95. The van der Waals surface area contributed by atoms with Crippen LogP contribution in [0.4, 0.5) is 5.95 Å². The van der Waals surface area contributed by atoms with Gasteiger partial charge in [0.25, 0.3) is 0 Å². The molecule has 1 aliphatic rings. The molecule has 2 atom stereocenters. The Morgan fingerprint density at radius 3 is 3.21 bits per heavy atom. The molecule has 106 valence electrons. The molecule has 2 N–H and O–H groups in total. The lowest BCUT2D eigenvalue weighted by atomic mass is 10.1. The van der Waals surface area contributed by atoms with Crippen LogP contribution in [0.3, 0.4) is 0 Å². The van der Waals surface area contributed by atoms with Crippen LogP contribution in [-0.4, -0.2) is 48.4 Å². The van der Waals surface area contributed by atoms with Crippen molar-refractivity contribution >= 4 is 5.95 Å². The van der Waals surface area contributed by atoms with Gasteiger partial charge in [-0.05, 0) is 13.3 Å². The van der Waals surface area contributed by atoms with Crippen molar-refractivity contribution in [3.63, 3.8) is 0 Å². The molecular weight excluding hydrogens is 244 g/mol. The molecule has 2 rings (SSSR count). The molecule has 6 nitrogen and oxygen atoms in total. The molecule has 6 heteroatoms. The smallest absolute Gasteiger partial charge is 0.228 e. The van der Waals surface area contributed by atoms with Crippen molar-refractivity contribution in [2.75, 3.05) is 31.2 Å². The van der Waals surface area contributed by atoms with E-state index in [1.165, 1.54) is 0 Å². The molecule has 0 aromatic carbocycles. The molecule has 0 spiro atoms. The zero-order chi connectivity index (χ0) is 13.7. The average molecular weight is 266 g/mol. The summed E-state index contributed by atoms with van der Waals surface area (Å²) in [5.74, 6) is 1.30. The van der Waals surface area contributed by atoms with Crippen LogP contribution in [0.1, 0.15) is 20.3 Å². The normalized spacial score (nSPS) is 21.2. The molecule has 0 amide bonds. The lowest BCUT2D eigenvalue weighted by Gasteiger charge is -2.34. The van der Waals surface area contributed by atoms with Gasteiger partial charge >= 0.3 is 0 Å². The zero-order valence-electron chi connectivity index (χ0n) is 11.6. The van der Waals surface area contributed by atoms with Crippen molar-refractivity contribution in [3.8, 4) is 5.88 Å². The zero-order valence-corrected chi connectivity index (χ0v) is 11.6. The maximum atomic E-state index is 5.89. The summed E-state index contributed by atoms with van der Waals surface area (Å²) >= 11 is 0. The fraction of sp³-hybridized carbons (Fsp3) is 0.692. The standard InChI is InChI=1S/C13H22N4O2/c1-3-7-19-12-4-5-15-13(16-12)17-6-8-18-11(9-17)10(2)14/h4-5,10-11H,3,6-9,14H2,1-2H3. The predicted molar refractivity (Wildman–Crippen MR) is 73.4 cm³/mol. The van der Waals surface area contributed by atoms with Crippen LogP contribution in [0.25, 0.3) is 0 Å². The van der Waals surface area contributed by atoms with E-state index in [0.717, 1.165) is 19.5 Å². The van der Waals surface area contributed by atoms with Gasteiger partial charge in [0.1, 0.15) is 0 Å². The number of aromatic nitrogens is 2. The molecule has 1 aliphatic heterocycles. The molecule has 1 fully saturated rings. The van der Waals surface area contributed by atoms with Crippen LogP contribution < -0.4 is 15.4 Å². The highest BCUT2D eigenvalue weighted by Crippen LogP contribution is 2.17. The van der Waals surface area contributed by atoms with E-state index in [0.29, 0.717) is 25.0 Å². The Balaban J connectivity index is 2.04. The van der Waals surface area contributed by atoms with Gasteiger partial charge in [-0.25, -0.2) is 4.98 Å². The van der Waals surface area contributed by atoms with Crippen LogP contribution in [0.5, 0.6) is 5.88 Å². The van der Waals surface area contributed by atoms with Gasteiger partial charge in [0, 0.05) is 31.4 Å². The molecule has 2 heterocycles. The molecular formula is C13H22N4O2. The summed E-state index contributed by atoms with van der Waals surface area (Å²) in [4.78, 5) is 10.8. The second kappa shape index (κ2) is 6.68. The number of morpholine rings is 1. The number of rotatable bonds is 5. The first-order valence-electron chi connectivity index (χ1n) is 6.78. The number of anilines is 1. The molecule has 1 aromatic rings. The lowest BCUT2D eigenvalue weighted by Crippen LogP contribution is -2.50. The summed E-state index contributed by atoms with van der Waals surface area (Å²) in [6.07, 6.45) is 2.71. The molecule has 0 aliphatic carbocycles. The van der Waals surface area contributed by atoms with E-state index < -0.39 is 0 Å². The number of nitrogens with two attached hydrogens (primary N) is 1. The average Bonchev–Trinajstić information content (AvgIpc) is 2.45. The quantitative estimate of drug-likeness (QED) is 0.850. The summed E-state index contributed by atoms with van der Waals surface area (Å²) in [7, 11) is 0. The van der Waals surface area contributed by atoms with Gasteiger partial charge in [0.2, 0.25) is 11.8 Å². The van der Waals surface area contributed by atoms with E-state index in [-0.39, 0.29) is 12.1 Å². The summed E-state index contributed by atoms with van der Waals surface area (Å²) in [5, 5.41) is 0. The van der Waals surface area contributed by atoms with Crippen LogP contribution in [0, 0.1) is 0 Å². The van der Waals surface area contributed by atoms with Crippen molar-refractivity contribution in [3.05, 3.63) is 12.3 Å². The second-order valence-electron chi connectivity index (χ2n) is 4.76. The van der Waals surface area contributed by atoms with Crippen molar-refractivity contribution in [2.24, 2.45) is 5.73 Å². The highest BCUT2D eigenvalue weighted by Gasteiger charge is 2.25. The third-order valence-corrected chi connectivity index (χ3v) is 3.03. The highest BCUT2D eigenvalue weighted by molar-refractivity contribution is 5.32. The number of hydrogen-bond acceptors (Lipinski definition) is 6. The fourth-order valence-corrected chi connectivity index (χ4v) is 1.95. The predicted octanol–water partition coefficient (Wildman–Crippen LogP) is 0.818. The molecule has 0 saturated carbocycles. The summed E-state index contributed by atoms with van der Waals surface area (Å²) in [6.45, 7) is 6.83. The molecule has 1 saturated heterocycles. The van der Waals surface area contributed by atoms with Gasteiger partial charge in [0.15, 0.2) is 0 Å². The minimum atomic E-state index is 0.00215. The SMILES string of the molecule is CCCOc1ccnc(N2CCOC(C(C)N)C2)n1. The largest absolute Gasteiger partial charge is 0.478 e. The van der Waals surface area contributed by atoms with Gasteiger partial charge in [-0.3, -0.25) is 0 Å². The minimum Gasteiger partial charge on any atom is -0.478 e. The van der Waals surface area contributed by atoms with Gasteiger partial charge in [-0.15, -0.1) is 0 Å². The topological polar surface area (TPSA) is 73.5 Å². The van der Waals surface area contributed by atoms with Crippen molar-refractivity contribution in [1.29, 1.82) is 0 Å². The Labute approximate surface area is 113 Å². The Kier molecular flexibility index (Phi) is 4.93. The monoisotopic (exact) mass is 266 g/mol. The van der Waals surface area contributed by atoms with Crippen molar-refractivity contribution in [2.45, 2.75) is 32.4 Å². The third kappa shape index (κ3) is 3.78. The first-order chi connectivity index (χ1) is 9.20. The van der Waals surface area contributed by atoms with Crippen LogP contribution in [0.2, 0.25) is 0 Å². The number of hydrogen-bond donors (Lipinski definition) is 1. The lowest BCUT2D eigenvalue weighted by molar-refractivity contribution is 0.0270. The highest BCUT2D eigenvalue weighted by atomic mass is 16.5. The van der Waals surface area contributed by atoms with E-state index in [4.69, 9.17) is 15.2 Å². The van der Waals surface area contributed by atoms with Gasteiger partial charge < -0.3 is 20.1 Å². The van der Waals surface area contributed by atoms with Crippen LogP contribution in [0.15, 0.2) is 12.3 Å². The first-order valence-corrected chi connectivity index (χ1v) is 6.78. The Morgan fingerprint density at radius 2 is 2.47 bits per heavy atom. The third-order valence-electron chi connectivity index (χ3n) is 3.03. The molecule has 0 radical (unpaired) electrons. The van der Waals surface area contributed by atoms with Gasteiger partial charge in [-0.1, -0.05) is 6.92 Å². The summed E-state index contributed by atoms with van der Waals surface area (Å²) in [6, 6.07) is 1.78. The van der Waals surface area contributed by atoms with Crippen molar-refractivity contribution < 1.29 is 9.47 Å². The van der Waals surface area contributed by atoms with E-state index in [1.807, 2.05) is 6.92 Å². The maximum absolute atomic E-state index is 5.89. The Morgan fingerprint density at radius 1 is 1.63 bits per heavy atom. The van der Waals surface area contributed by atoms with E-state index in [9.17, 15) is 0 Å². The maximum Gasteiger partial charge on any atom is 0.228 e. The van der Waals surface area contributed by atoms with Gasteiger partial charge in [0.05, 0.1) is 19.3 Å². The van der Waals surface area contributed by atoms with Crippen molar-refractivity contribution in [1.82, 2.24) is 9.97 Å².